The molecule has 0 saturated carbocycles. The first-order chi connectivity index (χ1) is 6.68. The summed E-state index contributed by atoms with van der Waals surface area (Å²) in [5.41, 5.74) is -0.0478. The van der Waals surface area contributed by atoms with Gasteiger partial charge in [-0.2, -0.15) is 0 Å². The van der Waals surface area contributed by atoms with Gasteiger partial charge >= 0.3 is 0 Å². The molecular weight excluding hydrogens is 202 g/mol. The molecule has 76 valence electrons. The molecule has 1 fully saturated rings. The third-order valence-electron chi connectivity index (χ3n) is 2.25. The van der Waals surface area contributed by atoms with E-state index in [1.807, 2.05) is 0 Å². The maximum absolute atomic E-state index is 5.69. The van der Waals surface area contributed by atoms with Crippen LogP contribution in [0, 0.1) is 0 Å². The van der Waals surface area contributed by atoms with Gasteiger partial charge < -0.3 is 10.1 Å². The maximum Gasteiger partial charge on any atom is 0.223 e. The van der Waals surface area contributed by atoms with Crippen LogP contribution in [0.2, 0.25) is 5.02 Å². The number of ether oxygens (including phenoxy) is 1. The van der Waals surface area contributed by atoms with Crippen LogP contribution in [-0.2, 0) is 4.74 Å². The van der Waals surface area contributed by atoms with E-state index in [1.165, 1.54) is 0 Å². The number of hydrogen-bond acceptors (Lipinski definition) is 4. The summed E-state index contributed by atoms with van der Waals surface area (Å²) in [6.07, 6.45) is 4.13. The second-order valence-corrected chi connectivity index (χ2v) is 4.15. The highest BCUT2D eigenvalue weighted by Gasteiger charge is 2.30. The fraction of sp³-hybridized carbons (Fsp3) is 0.556. The lowest BCUT2D eigenvalue weighted by molar-refractivity contribution is 0.185. The Balaban J connectivity index is 2.06. The van der Waals surface area contributed by atoms with Gasteiger partial charge in [-0.05, 0) is 13.3 Å². The summed E-state index contributed by atoms with van der Waals surface area (Å²) in [4.78, 5) is 8.15. The van der Waals surface area contributed by atoms with Crippen molar-refractivity contribution in [1.29, 1.82) is 0 Å². The molecule has 2 rings (SSSR count). The predicted molar refractivity (Wildman–Crippen MR) is 54.5 cm³/mol. The molecule has 0 aliphatic carbocycles. The van der Waals surface area contributed by atoms with Crippen LogP contribution in [0.3, 0.4) is 0 Å². The van der Waals surface area contributed by atoms with Crippen LogP contribution in [0.15, 0.2) is 12.4 Å². The monoisotopic (exact) mass is 213 g/mol. The van der Waals surface area contributed by atoms with Crippen molar-refractivity contribution in [2.75, 3.05) is 18.5 Å². The van der Waals surface area contributed by atoms with Gasteiger partial charge in [0.2, 0.25) is 5.95 Å². The molecule has 0 spiro atoms. The molecule has 1 aromatic heterocycles. The van der Waals surface area contributed by atoms with Crippen LogP contribution in [0.4, 0.5) is 5.95 Å². The van der Waals surface area contributed by atoms with Crippen molar-refractivity contribution in [3.05, 3.63) is 17.4 Å². The van der Waals surface area contributed by atoms with E-state index in [1.54, 1.807) is 12.4 Å². The Morgan fingerprint density at radius 2 is 2.21 bits per heavy atom. The molecule has 1 unspecified atom stereocenters. The number of halogens is 1. The maximum atomic E-state index is 5.69. The Bertz CT molecular complexity index is 308. The van der Waals surface area contributed by atoms with E-state index < -0.39 is 0 Å². The normalized spacial score (nSPS) is 26.4. The first-order valence-corrected chi connectivity index (χ1v) is 4.89. The third-order valence-corrected chi connectivity index (χ3v) is 2.45. The van der Waals surface area contributed by atoms with E-state index in [0.29, 0.717) is 17.6 Å². The van der Waals surface area contributed by atoms with E-state index in [9.17, 15) is 0 Å². The minimum atomic E-state index is -0.0478. The van der Waals surface area contributed by atoms with Gasteiger partial charge in [0, 0.05) is 6.61 Å². The molecule has 1 atom stereocenters. The minimum Gasteiger partial charge on any atom is -0.379 e. The lowest BCUT2D eigenvalue weighted by Gasteiger charge is -2.23. The van der Waals surface area contributed by atoms with E-state index >= 15 is 0 Å². The number of aromatic nitrogens is 2. The summed E-state index contributed by atoms with van der Waals surface area (Å²) in [6, 6.07) is 0. The molecule has 0 amide bonds. The number of nitrogens with zero attached hydrogens (tertiary/aromatic N) is 2. The summed E-state index contributed by atoms with van der Waals surface area (Å²) in [7, 11) is 0. The highest BCUT2D eigenvalue weighted by molar-refractivity contribution is 6.30. The number of nitrogens with one attached hydrogen (secondary N) is 1. The molecule has 0 bridgehead atoms. The molecule has 1 saturated heterocycles. The van der Waals surface area contributed by atoms with Crippen LogP contribution >= 0.6 is 11.6 Å². The lowest BCUT2D eigenvalue weighted by atomic mass is 10.0. The Labute approximate surface area is 87.7 Å². The van der Waals surface area contributed by atoms with Gasteiger partial charge in [-0.3, -0.25) is 0 Å². The molecule has 1 aliphatic heterocycles. The highest BCUT2D eigenvalue weighted by atomic mass is 35.5. The Morgan fingerprint density at radius 3 is 2.79 bits per heavy atom. The molecule has 14 heavy (non-hydrogen) atoms. The van der Waals surface area contributed by atoms with E-state index in [-0.39, 0.29) is 5.54 Å². The second-order valence-electron chi connectivity index (χ2n) is 3.71. The fourth-order valence-electron chi connectivity index (χ4n) is 1.41. The molecule has 1 aromatic rings. The summed E-state index contributed by atoms with van der Waals surface area (Å²) in [5.74, 6) is 0.599. The predicted octanol–water partition coefficient (Wildman–Crippen LogP) is 1.72. The van der Waals surface area contributed by atoms with Gasteiger partial charge in [-0.15, -0.1) is 0 Å². The molecule has 0 aromatic carbocycles. The first-order valence-electron chi connectivity index (χ1n) is 4.51. The van der Waals surface area contributed by atoms with Gasteiger partial charge in [0.1, 0.15) is 0 Å². The average Bonchev–Trinajstić information content (AvgIpc) is 2.57. The summed E-state index contributed by atoms with van der Waals surface area (Å²) in [6.45, 7) is 3.58. The zero-order valence-electron chi connectivity index (χ0n) is 7.96. The van der Waals surface area contributed by atoms with Gasteiger partial charge in [0.25, 0.3) is 0 Å². The van der Waals surface area contributed by atoms with Crippen molar-refractivity contribution in [2.24, 2.45) is 0 Å². The summed E-state index contributed by atoms with van der Waals surface area (Å²) < 4.78 is 5.31. The highest BCUT2D eigenvalue weighted by Crippen LogP contribution is 2.21. The number of hydrogen-bond donors (Lipinski definition) is 1. The Kier molecular flexibility index (Phi) is 2.56. The van der Waals surface area contributed by atoms with Crippen LogP contribution in [-0.4, -0.2) is 28.7 Å². The standard InChI is InChI=1S/C9H12ClN3O/c1-9(2-3-14-6-9)13-8-11-4-7(10)5-12-8/h4-5H,2-3,6H2,1H3,(H,11,12,13). The van der Waals surface area contributed by atoms with Crippen LogP contribution in [0.1, 0.15) is 13.3 Å². The van der Waals surface area contributed by atoms with Crippen LogP contribution in [0.5, 0.6) is 0 Å². The quantitative estimate of drug-likeness (QED) is 0.813. The van der Waals surface area contributed by atoms with Gasteiger partial charge in [0.15, 0.2) is 0 Å². The molecule has 1 N–H and O–H groups in total. The van der Waals surface area contributed by atoms with Crippen molar-refractivity contribution in [1.82, 2.24) is 9.97 Å². The van der Waals surface area contributed by atoms with Crippen molar-refractivity contribution < 1.29 is 4.74 Å². The summed E-state index contributed by atoms with van der Waals surface area (Å²) in [5, 5.41) is 3.78. The Hall–Kier alpha value is -0.870. The van der Waals surface area contributed by atoms with Gasteiger partial charge in [-0.1, -0.05) is 11.6 Å². The molecule has 4 nitrogen and oxygen atoms in total. The van der Waals surface area contributed by atoms with Crippen molar-refractivity contribution in [2.45, 2.75) is 18.9 Å². The topological polar surface area (TPSA) is 47.0 Å². The fourth-order valence-corrected chi connectivity index (χ4v) is 1.51. The molecular formula is C9H12ClN3O. The first kappa shape index (κ1) is 9.68. The molecule has 0 radical (unpaired) electrons. The summed E-state index contributed by atoms with van der Waals surface area (Å²) >= 11 is 5.69. The zero-order chi connectivity index (χ0) is 10.0. The third kappa shape index (κ3) is 2.13. The van der Waals surface area contributed by atoms with Crippen molar-refractivity contribution in [3.8, 4) is 0 Å². The molecule has 5 heteroatoms. The zero-order valence-corrected chi connectivity index (χ0v) is 8.71. The van der Waals surface area contributed by atoms with Crippen LogP contribution < -0.4 is 5.32 Å². The molecule has 2 heterocycles. The average molecular weight is 214 g/mol. The van der Waals surface area contributed by atoms with Gasteiger partial charge in [0.05, 0.1) is 29.6 Å². The SMILES string of the molecule is CC1(Nc2ncc(Cl)cn2)CCOC1. The lowest BCUT2D eigenvalue weighted by Crippen LogP contribution is -2.35. The van der Waals surface area contributed by atoms with Crippen molar-refractivity contribution in [3.63, 3.8) is 0 Å². The number of rotatable bonds is 2. The minimum absolute atomic E-state index is 0.0478. The van der Waals surface area contributed by atoms with E-state index in [0.717, 1.165) is 13.0 Å². The number of anilines is 1. The van der Waals surface area contributed by atoms with E-state index in [4.69, 9.17) is 16.3 Å². The Morgan fingerprint density at radius 1 is 1.50 bits per heavy atom. The second kappa shape index (κ2) is 3.71. The van der Waals surface area contributed by atoms with E-state index in [2.05, 4.69) is 22.2 Å². The van der Waals surface area contributed by atoms with Gasteiger partial charge in [-0.25, -0.2) is 9.97 Å². The van der Waals surface area contributed by atoms with Crippen molar-refractivity contribution >= 4 is 17.5 Å². The smallest absolute Gasteiger partial charge is 0.223 e. The van der Waals surface area contributed by atoms with Crippen LogP contribution in [0.25, 0.3) is 0 Å². The largest absolute Gasteiger partial charge is 0.379 e. The molecule has 1 aliphatic rings.